The second-order valence-electron chi connectivity index (χ2n) is 5.12. The van der Waals surface area contributed by atoms with E-state index in [0.717, 1.165) is 13.0 Å². The van der Waals surface area contributed by atoms with E-state index >= 15 is 0 Å². The molecule has 0 aliphatic rings. The van der Waals surface area contributed by atoms with Gasteiger partial charge in [-0.3, -0.25) is 0 Å². The van der Waals surface area contributed by atoms with Crippen molar-refractivity contribution in [2.45, 2.75) is 26.8 Å². The molecule has 96 valence electrons. The van der Waals surface area contributed by atoms with Gasteiger partial charge in [0.25, 0.3) is 0 Å². The molecule has 0 spiro atoms. The van der Waals surface area contributed by atoms with Crippen LogP contribution in [-0.4, -0.2) is 4.57 Å². The Kier molecular flexibility index (Phi) is 3.12. The van der Waals surface area contributed by atoms with Crippen LogP contribution in [-0.2, 0) is 6.54 Å². The number of aryl methyl sites for hydroxylation is 2. The van der Waals surface area contributed by atoms with Gasteiger partial charge in [-0.15, -0.1) is 0 Å². The minimum absolute atomic E-state index is 1.08. The van der Waals surface area contributed by atoms with Gasteiger partial charge in [0, 0.05) is 29.2 Å². The fraction of sp³-hybridized carbons (Fsp3) is 0.222. The summed E-state index contributed by atoms with van der Waals surface area (Å²) in [6, 6.07) is 17.5. The monoisotopic (exact) mass is 249 g/mol. The minimum Gasteiger partial charge on any atom is -0.347 e. The molecule has 1 nitrogen and oxygen atoms in total. The summed E-state index contributed by atoms with van der Waals surface area (Å²) in [5.74, 6) is 0. The third-order valence-electron chi connectivity index (χ3n) is 3.62. The molecular weight excluding hydrogens is 230 g/mol. The van der Waals surface area contributed by atoms with E-state index in [1.165, 1.54) is 27.6 Å². The molecule has 0 N–H and O–H groups in total. The molecule has 0 saturated carbocycles. The molecule has 1 aromatic heterocycles. The van der Waals surface area contributed by atoms with E-state index in [1.54, 1.807) is 0 Å². The largest absolute Gasteiger partial charge is 0.347 e. The smallest absolute Gasteiger partial charge is 0.0486 e. The lowest BCUT2D eigenvalue weighted by molar-refractivity contribution is 0.704. The average molecular weight is 249 g/mol. The van der Waals surface area contributed by atoms with E-state index < -0.39 is 0 Å². The van der Waals surface area contributed by atoms with Crippen molar-refractivity contribution < 1.29 is 0 Å². The number of nitrogens with zero attached hydrogens (tertiary/aromatic N) is 1. The zero-order valence-corrected chi connectivity index (χ0v) is 11.6. The van der Waals surface area contributed by atoms with Gasteiger partial charge in [0.1, 0.15) is 0 Å². The summed E-state index contributed by atoms with van der Waals surface area (Å²) >= 11 is 0. The molecule has 0 aliphatic carbocycles. The Balaban J connectivity index is 2.20. The highest BCUT2D eigenvalue weighted by molar-refractivity contribution is 5.96. The normalized spacial score (nSPS) is 11.1. The van der Waals surface area contributed by atoms with Crippen molar-refractivity contribution in [2.24, 2.45) is 0 Å². The third kappa shape index (κ3) is 2.17. The quantitative estimate of drug-likeness (QED) is 0.613. The van der Waals surface area contributed by atoms with Crippen molar-refractivity contribution in [1.29, 1.82) is 0 Å². The van der Waals surface area contributed by atoms with E-state index in [-0.39, 0.29) is 0 Å². The van der Waals surface area contributed by atoms with Crippen molar-refractivity contribution in [3.8, 4) is 11.1 Å². The van der Waals surface area contributed by atoms with Gasteiger partial charge < -0.3 is 4.57 Å². The SMILES string of the molecule is CCCn1cc(-c2ccc(C)cc2)c2ccccc21. The Hall–Kier alpha value is -2.02. The summed E-state index contributed by atoms with van der Waals surface area (Å²) in [6.45, 7) is 5.43. The van der Waals surface area contributed by atoms with E-state index in [9.17, 15) is 0 Å². The molecule has 0 fully saturated rings. The van der Waals surface area contributed by atoms with Gasteiger partial charge in [0.05, 0.1) is 0 Å². The maximum Gasteiger partial charge on any atom is 0.0486 e. The summed E-state index contributed by atoms with van der Waals surface area (Å²) < 4.78 is 2.37. The zero-order valence-electron chi connectivity index (χ0n) is 11.6. The molecule has 1 heteroatoms. The van der Waals surface area contributed by atoms with Crippen LogP contribution in [0.3, 0.4) is 0 Å². The van der Waals surface area contributed by atoms with Gasteiger partial charge in [-0.25, -0.2) is 0 Å². The second kappa shape index (κ2) is 4.93. The number of aromatic nitrogens is 1. The van der Waals surface area contributed by atoms with Crippen molar-refractivity contribution in [3.63, 3.8) is 0 Å². The standard InChI is InChI=1S/C18H19N/c1-3-12-19-13-17(15-10-8-14(2)9-11-15)16-6-4-5-7-18(16)19/h4-11,13H,3,12H2,1-2H3. The number of benzene rings is 2. The number of para-hydroxylation sites is 1. The number of fused-ring (bicyclic) bond motifs is 1. The second-order valence-corrected chi connectivity index (χ2v) is 5.12. The van der Waals surface area contributed by atoms with Gasteiger partial charge >= 0.3 is 0 Å². The van der Waals surface area contributed by atoms with E-state index in [4.69, 9.17) is 0 Å². The number of hydrogen-bond donors (Lipinski definition) is 0. The summed E-state index contributed by atoms with van der Waals surface area (Å²) in [4.78, 5) is 0. The fourth-order valence-corrected chi connectivity index (χ4v) is 2.64. The predicted molar refractivity (Wildman–Crippen MR) is 82.4 cm³/mol. The summed E-state index contributed by atoms with van der Waals surface area (Å²) in [7, 11) is 0. The van der Waals surface area contributed by atoms with Gasteiger partial charge in [-0.05, 0) is 25.0 Å². The Morgan fingerprint density at radius 2 is 1.68 bits per heavy atom. The molecule has 0 amide bonds. The van der Waals surface area contributed by atoms with Crippen LogP contribution < -0.4 is 0 Å². The molecule has 0 atom stereocenters. The van der Waals surface area contributed by atoms with Crippen LogP contribution in [0.5, 0.6) is 0 Å². The van der Waals surface area contributed by atoms with E-state index in [0.29, 0.717) is 0 Å². The van der Waals surface area contributed by atoms with Crippen LogP contribution in [0.25, 0.3) is 22.0 Å². The van der Waals surface area contributed by atoms with Gasteiger partial charge in [-0.1, -0.05) is 55.0 Å². The van der Waals surface area contributed by atoms with Gasteiger partial charge in [0.15, 0.2) is 0 Å². The first-order valence-electron chi connectivity index (χ1n) is 6.94. The Bertz CT molecular complexity index is 689. The lowest BCUT2D eigenvalue weighted by atomic mass is 10.0. The van der Waals surface area contributed by atoms with Gasteiger partial charge in [-0.2, -0.15) is 0 Å². The Morgan fingerprint density at radius 1 is 0.947 bits per heavy atom. The molecule has 1 heterocycles. The van der Waals surface area contributed by atoms with Crippen LogP contribution in [0.2, 0.25) is 0 Å². The fourth-order valence-electron chi connectivity index (χ4n) is 2.64. The Morgan fingerprint density at radius 3 is 2.42 bits per heavy atom. The van der Waals surface area contributed by atoms with Crippen molar-refractivity contribution in [1.82, 2.24) is 4.57 Å². The zero-order chi connectivity index (χ0) is 13.2. The highest BCUT2D eigenvalue weighted by Crippen LogP contribution is 2.30. The van der Waals surface area contributed by atoms with Crippen LogP contribution in [0, 0.1) is 6.92 Å². The summed E-state index contributed by atoms with van der Waals surface area (Å²) in [5, 5.41) is 1.35. The highest BCUT2D eigenvalue weighted by Gasteiger charge is 2.08. The first kappa shape index (κ1) is 12.0. The molecular formula is C18H19N. The minimum atomic E-state index is 1.08. The summed E-state index contributed by atoms with van der Waals surface area (Å²) in [5.41, 5.74) is 5.28. The van der Waals surface area contributed by atoms with Crippen LogP contribution in [0.15, 0.2) is 54.7 Å². The van der Waals surface area contributed by atoms with Crippen molar-refractivity contribution >= 4 is 10.9 Å². The van der Waals surface area contributed by atoms with Gasteiger partial charge in [0.2, 0.25) is 0 Å². The molecule has 0 saturated heterocycles. The average Bonchev–Trinajstić information content (AvgIpc) is 2.80. The Labute approximate surface area is 114 Å². The molecule has 0 unspecified atom stereocenters. The topological polar surface area (TPSA) is 4.93 Å². The van der Waals surface area contributed by atoms with Crippen molar-refractivity contribution in [2.75, 3.05) is 0 Å². The maximum atomic E-state index is 2.37. The van der Waals surface area contributed by atoms with Crippen LogP contribution in [0.4, 0.5) is 0 Å². The van der Waals surface area contributed by atoms with Crippen LogP contribution >= 0.6 is 0 Å². The summed E-state index contributed by atoms with van der Waals surface area (Å²) in [6.07, 6.45) is 3.45. The predicted octanol–water partition coefficient (Wildman–Crippen LogP) is 5.03. The molecule has 3 aromatic rings. The van der Waals surface area contributed by atoms with E-state index in [2.05, 4.69) is 73.1 Å². The molecule has 0 bridgehead atoms. The molecule has 2 aromatic carbocycles. The number of hydrogen-bond acceptors (Lipinski definition) is 0. The lowest BCUT2D eigenvalue weighted by Crippen LogP contribution is -1.93. The van der Waals surface area contributed by atoms with Crippen LogP contribution in [0.1, 0.15) is 18.9 Å². The molecule has 3 rings (SSSR count). The molecule has 0 aliphatic heterocycles. The number of rotatable bonds is 3. The highest BCUT2D eigenvalue weighted by atomic mass is 15.0. The molecule has 19 heavy (non-hydrogen) atoms. The molecule has 0 radical (unpaired) electrons. The van der Waals surface area contributed by atoms with Crippen molar-refractivity contribution in [3.05, 3.63) is 60.3 Å². The first-order valence-corrected chi connectivity index (χ1v) is 6.94. The third-order valence-corrected chi connectivity index (χ3v) is 3.62. The van der Waals surface area contributed by atoms with E-state index in [1.807, 2.05) is 0 Å². The maximum absolute atomic E-state index is 2.37. The first-order chi connectivity index (χ1) is 9.29. The lowest BCUT2D eigenvalue weighted by Gasteiger charge is -2.01.